The molecule has 0 saturated heterocycles. The summed E-state index contributed by atoms with van der Waals surface area (Å²) in [7, 11) is -1.16. The maximum atomic E-state index is 5.79. The molecule has 0 saturated carbocycles. The Hall–Kier alpha value is 0.0969. The van der Waals surface area contributed by atoms with E-state index < -0.39 is 9.20 Å². The number of hydrogen-bond acceptors (Lipinski definition) is 3. The maximum absolute atomic E-state index is 5.79. The predicted octanol–water partition coefficient (Wildman–Crippen LogP) is 1.97. The van der Waals surface area contributed by atoms with E-state index in [-0.39, 0.29) is 0 Å². The second kappa shape index (κ2) is 9.16. The molecule has 0 radical (unpaired) electrons. The van der Waals surface area contributed by atoms with Gasteiger partial charge >= 0.3 is 0 Å². The normalized spacial score (nSPS) is 14.1. The van der Waals surface area contributed by atoms with E-state index in [1.807, 2.05) is 0 Å². The summed E-state index contributed by atoms with van der Waals surface area (Å²) >= 11 is 0. The standard InChI is InChI=1S/C12H30N2OSi/c1-7-13-16(15-8-2)10-9-14(11(3)4)12(5)6/h11-13,16H,7-10H2,1-6H3. The molecule has 0 spiro atoms. The van der Waals surface area contributed by atoms with Gasteiger partial charge in [-0.25, -0.2) is 0 Å². The Balaban J connectivity index is 4.04. The summed E-state index contributed by atoms with van der Waals surface area (Å²) in [5, 5.41) is 0. The SMILES string of the molecule is CCN[SiH](CCN(C(C)C)C(C)C)OCC. The van der Waals surface area contributed by atoms with Crippen molar-refractivity contribution in [1.82, 2.24) is 9.88 Å². The van der Waals surface area contributed by atoms with E-state index in [1.165, 1.54) is 6.04 Å². The molecule has 4 heteroatoms. The van der Waals surface area contributed by atoms with Crippen molar-refractivity contribution in [3.05, 3.63) is 0 Å². The van der Waals surface area contributed by atoms with Crippen molar-refractivity contribution in [3.63, 3.8) is 0 Å². The van der Waals surface area contributed by atoms with Gasteiger partial charge in [-0.05, 0) is 53.8 Å². The first kappa shape index (κ1) is 16.1. The first-order chi connectivity index (χ1) is 7.52. The van der Waals surface area contributed by atoms with E-state index in [4.69, 9.17) is 4.43 Å². The van der Waals surface area contributed by atoms with Crippen LogP contribution in [-0.2, 0) is 4.43 Å². The average Bonchev–Trinajstić information content (AvgIpc) is 2.17. The second-order valence-electron chi connectivity index (χ2n) is 4.72. The molecule has 3 nitrogen and oxygen atoms in total. The Morgan fingerprint density at radius 3 is 2.06 bits per heavy atom. The van der Waals surface area contributed by atoms with Crippen molar-refractivity contribution in [1.29, 1.82) is 0 Å². The molecule has 0 rings (SSSR count). The molecule has 0 aromatic rings. The zero-order valence-electron chi connectivity index (χ0n) is 11.9. The lowest BCUT2D eigenvalue weighted by molar-refractivity contribution is 0.181. The molecule has 1 N–H and O–H groups in total. The summed E-state index contributed by atoms with van der Waals surface area (Å²) in [4.78, 5) is 6.04. The fraction of sp³-hybridized carbons (Fsp3) is 1.00. The Morgan fingerprint density at radius 1 is 1.12 bits per heavy atom. The van der Waals surface area contributed by atoms with E-state index in [2.05, 4.69) is 51.4 Å². The first-order valence-electron chi connectivity index (χ1n) is 6.63. The summed E-state index contributed by atoms with van der Waals surface area (Å²) in [5.41, 5.74) is 0. The van der Waals surface area contributed by atoms with Crippen molar-refractivity contribution >= 4 is 9.20 Å². The summed E-state index contributed by atoms with van der Waals surface area (Å²) < 4.78 is 5.79. The van der Waals surface area contributed by atoms with Crippen molar-refractivity contribution in [2.75, 3.05) is 19.7 Å². The summed E-state index contributed by atoms with van der Waals surface area (Å²) in [5.74, 6) is 0. The number of nitrogens with one attached hydrogen (secondary N) is 1. The van der Waals surface area contributed by atoms with Gasteiger partial charge in [-0.2, -0.15) is 0 Å². The third kappa shape index (κ3) is 6.63. The highest BCUT2D eigenvalue weighted by Gasteiger charge is 2.17. The molecule has 0 amide bonds. The first-order valence-corrected chi connectivity index (χ1v) is 8.50. The van der Waals surface area contributed by atoms with E-state index in [1.54, 1.807) is 0 Å². The van der Waals surface area contributed by atoms with Gasteiger partial charge in [0.05, 0.1) is 0 Å². The molecule has 1 atom stereocenters. The molecular formula is C12H30N2OSi. The van der Waals surface area contributed by atoms with Crippen molar-refractivity contribution in [3.8, 4) is 0 Å². The van der Waals surface area contributed by atoms with E-state index in [0.29, 0.717) is 12.1 Å². The predicted molar refractivity (Wildman–Crippen MR) is 74.2 cm³/mol. The van der Waals surface area contributed by atoms with Crippen LogP contribution in [0.4, 0.5) is 0 Å². The van der Waals surface area contributed by atoms with Crippen molar-refractivity contribution in [2.45, 2.75) is 59.7 Å². The molecule has 0 aromatic heterocycles. The second-order valence-corrected chi connectivity index (χ2v) is 7.01. The average molecular weight is 246 g/mol. The quantitative estimate of drug-likeness (QED) is 0.630. The fourth-order valence-corrected chi connectivity index (χ4v) is 3.93. The molecule has 0 aromatic carbocycles. The summed E-state index contributed by atoms with van der Waals surface area (Å²) in [6, 6.07) is 2.44. The molecule has 0 aliphatic heterocycles. The number of rotatable bonds is 9. The highest BCUT2D eigenvalue weighted by atomic mass is 28.3. The van der Waals surface area contributed by atoms with Gasteiger partial charge in [0, 0.05) is 18.7 Å². The molecule has 0 heterocycles. The van der Waals surface area contributed by atoms with Gasteiger partial charge in [0.25, 0.3) is 9.20 Å². The van der Waals surface area contributed by atoms with Crippen LogP contribution in [0.5, 0.6) is 0 Å². The molecule has 98 valence electrons. The molecule has 0 aliphatic carbocycles. The fourth-order valence-electron chi connectivity index (χ4n) is 2.05. The van der Waals surface area contributed by atoms with Gasteiger partial charge in [0.1, 0.15) is 0 Å². The van der Waals surface area contributed by atoms with Crippen LogP contribution in [0.1, 0.15) is 41.5 Å². The Morgan fingerprint density at radius 2 is 1.69 bits per heavy atom. The third-order valence-corrected chi connectivity index (χ3v) is 5.16. The zero-order valence-corrected chi connectivity index (χ0v) is 13.1. The van der Waals surface area contributed by atoms with Crippen LogP contribution in [0.2, 0.25) is 6.04 Å². The van der Waals surface area contributed by atoms with Crippen LogP contribution in [0.3, 0.4) is 0 Å². The van der Waals surface area contributed by atoms with Gasteiger partial charge in [-0.15, -0.1) is 0 Å². The van der Waals surface area contributed by atoms with Crippen LogP contribution in [-0.4, -0.2) is 45.9 Å². The van der Waals surface area contributed by atoms with Crippen LogP contribution in [0.15, 0.2) is 0 Å². The smallest absolute Gasteiger partial charge is 0.253 e. The Bertz CT molecular complexity index is 151. The maximum Gasteiger partial charge on any atom is 0.253 e. The van der Waals surface area contributed by atoms with E-state index in [0.717, 1.165) is 19.7 Å². The van der Waals surface area contributed by atoms with Crippen LogP contribution >= 0.6 is 0 Å². The van der Waals surface area contributed by atoms with Crippen LogP contribution in [0.25, 0.3) is 0 Å². The summed E-state index contributed by atoms with van der Waals surface area (Å²) in [6.07, 6.45) is 0. The van der Waals surface area contributed by atoms with E-state index >= 15 is 0 Å². The van der Waals surface area contributed by atoms with Crippen LogP contribution < -0.4 is 4.98 Å². The van der Waals surface area contributed by atoms with Crippen LogP contribution in [0, 0.1) is 0 Å². The highest BCUT2D eigenvalue weighted by Crippen LogP contribution is 2.07. The Labute approximate surface area is 103 Å². The molecule has 0 aliphatic rings. The molecule has 0 fully saturated rings. The van der Waals surface area contributed by atoms with Gasteiger partial charge < -0.3 is 9.41 Å². The highest BCUT2D eigenvalue weighted by molar-refractivity contribution is 6.48. The lowest BCUT2D eigenvalue weighted by atomic mass is 10.2. The molecule has 0 bridgehead atoms. The minimum Gasteiger partial charge on any atom is -0.406 e. The van der Waals surface area contributed by atoms with Gasteiger partial charge in [-0.1, -0.05) is 6.92 Å². The molecular weight excluding hydrogens is 216 g/mol. The molecule has 16 heavy (non-hydrogen) atoms. The minimum absolute atomic E-state index is 0.623. The third-order valence-electron chi connectivity index (χ3n) is 2.78. The molecule has 1 unspecified atom stereocenters. The lowest BCUT2D eigenvalue weighted by Gasteiger charge is -2.31. The van der Waals surface area contributed by atoms with Gasteiger partial charge in [-0.3, -0.25) is 4.90 Å². The monoisotopic (exact) mass is 246 g/mol. The summed E-state index contributed by atoms with van der Waals surface area (Å²) in [6.45, 7) is 16.3. The van der Waals surface area contributed by atoms with Gasteiger partial charge in [0.15, 0.2) is 0 Å². The van der Waals surface area contributed by atoms with E-state index in [9.17, 15) is 0 Å². The minimum atomic E-state index is -1.16. The zero-order chi connectivity index (χ0) is 12.6. The Kier molecular flexibility index (Phi) is 9.22. The lowest BCUT2D eigenvalue weighted by Crippen LogP contribution is -2.43. The largest absolute Gasteiger partial charge is 0.406 e. The topological polar surface area (TPSA) is 24.5 Å². The van der Waals surface area contributed by atoms with Crippen molar-refractivity contribution in [2.24, 2.45) is 0 Å². The number of nitrogens with zero attached hydrogens (tertiary/aromatic N) is 1. The van der Waals surface area contributed by atoms with Crippen molar-refractivity contribution < 1.29 is 4.43 Å². The number of hydrogen-bond donors (Lipinski definition) is 1. The van der Waals surface area contributed by atoms with Gasteiger partial charge in [0.2, 0.25) is 0 Å².